The average molecular weight is 312 g/mol. The normalized spacial score (nSPS) is 10.1. The second kappa shape index (κ2) is 5.94. The highest BCUT2D eigenvalue weighted by atomic mass is 35.5. The maximum atomic E-state index is 12.0. The van der Waals surface area contributed by atoms with Gasteiger partial charge in [0.25, 0.3) is 5.91 Å². The summed E-state index contributed by atoms with van der Waals surface area (Å²) in [4.78, 5) is 23.3. The van der Waals surface area contributed by atoms with E-state index in [-0.39, 0.29) is 22.2 Å². The smallest absolute Gasteiger partial charge is 0.335 e. The number of methoxy groups -OCH3 is 1. The minimum atomic E-state index is -1.09. The lowest BCUT2D eigenvalue weighted by atomic mass is 10.2. The second-order valence-corrected chi connectivity index (χ2v) is 5.12. The third-order valence-corrected chi connectivity index (χ3v) is 3.73. The van der Waals surface area contributed by atoms with E-state index in [1.165, 1.54) is 36.6 Å². The zero-order chi connectivity index (χ0) is 14.7. The minimum Gasteiger partial charge on any atom is -0.496 e. The molecule has 1 aromatic heterocycles. The van der Waals surface area contributed by atoms with Gasteiger partial charge in [-0.05, 0) is 18.2 Å². The van der Waals surface area contributed by atoms with Crippen LogP contribution in [-0.4, -0.2) is 24.1 Å². The van der Waals surface area contributed by atoms with E-state index in [9.17, 15) is 9.59 Å². The molecule has 0 aliphatic carbocycles. The summed E-state index contributed by atoms with van der Waals surface area (Å²) in [5.74, 6) is -0.872. The maximum absolute atomic E-state index is 12.0. The number of carbonyl (C=O) groups is 2. The molecule has 5 nitrogen and oxygen atoms in total. The number of ether oxygens (including phenoxy) is 1. The Hall–Kier alpha value is -2.05. The summed E-state index contributed by atoms with van der Waals surface area (Å²) in [5, 5.41) is 13.5. The van der Waals surface area contributed by atoms with Crippen LogP contribution < -0.4 is 10.1 Å². The van der Waals surface area contributed by atoms with Gasteiger partial charge in [-0.1, -0.05) is 11.6 Å². The first-order valence-electron chi connectivity index (χ1n) is 5.48. The summed E-state index contributed by atoms with van der Waals surface area (Å²) in [5.41, 5.74) is 0.303. The van der Waals surface area contributed by atoms with Gasteiger partial charge in [0.2, 0.25) is 0 Å². The Bertz CT molecular complexity index is 668. The van der Waals surface area contributed by atoms with Crippen molar-refractivity contribution in [3.05, 3.63) is 45.1 Å². The molecule has 0 fully saturated rings. The first-order valence-corrected chi connectivity index (χ1v) is 6.73. The summed E-state index contributed by atoms with van der Waals surface area (Å²) in [6.45, 7) is 0. The van der Waals surface area contributed by atoms with Crippen LogP contribution in [-0.2, 0) is 0 Å². The van der Waals surface area contributed by atoms with Gasteiger partial charge in [0, 0.05) is 11.4 Å². The molecule has 2 rings (SSSR count). The van der Waals surface area contributed by atoms with E-state index in [1.54, 1.807) is 11.4 Å². The van der Waals surface area contributed by atoms with Gasteiger partial charge < -0.3 is 15.2 Å². The molecule has 1 aromatic carbocycles. The number of benzene rings is 1. The standard InChI is InChI=1S/C13H10ClNO4S/c1-19-8-5-11(20-6-8)12(16)15-10-4-7(13(17)18)2-3-9(10)14/h2-6H,1H3,(H,15,16)(H,17,18). The molecule has 2 N–H and O–H groups in total. The summed E-state index contributed by atoms with van der Waals surface area (Å²) in [6, 6.07) is 5.70. The quantitative estimate of drug-likeness (QED) is 0.907. The number of carboxylic acid groups (broad SMARTS) is 1. The molecule has 0 aliphatic rings. The molecule has 7 heteroatoms. The predicted molar refractivity (Wildman–Crippen MR) is 77.2 cm³/mol. The number of thiophene rings is 1. The van der Waals surface area contributed by atoms with Crippen molar-refractivity contribution in [1.82, 2.24) is 0 Å². The number of halogens is 1. The van der Waals surface area contributed by atoms with Crippen molar-refractivity contribution in [2.45, 2.75) is 0 Å². The molecule has 0 atom stereocenters. The lowest BCUT2D eigenvalue weighted by molar-refractivity contribution is 0.0696. The summed E-state index contributed by atoms with van der Waals surface area (Å²) in [6.07, 6.45) is 0. The van der Waals surface area contributed by atoms with Gasteiger partial charge in [-0.3, -0.25) is 4.79 Å². The molecule has 0 aliphatic heterocycles. The molecule has 0 radical (unpaired) electrons. The van der Waals surface area contributed by atoms with Crippen LogP contribution in [0.15, 0.2) is 29.6 Å². The molecular weight excluding hydrogens is 302 g/mol. The topological polar surface area (TPSA) is 75.6 Å². The van der Waals surface area contributed by atoms with Crippen LogP contribution in [0.25, 0.3) is 0 Å². The lowest BCUT2D eigenvalue weighted by Crippen LogP contribution is -2.11. The van der Waals surface area contributed by atoms with E-state index >= 15 is 0 Å². The Morgan fingerprint density at radius 2 is 2.10 bits per heavy atom. The summed E-state index contributed by atoms with van der Waals surface area (Å²) in [7, 11) is 1.51. The molecule has 2 aromatic rings. The number of anilines is 1. The molecule has 104 valence electrons. The average Bonchev–Trinajstić information content (AvgIpc) is 2.89. The van der Waals surface area contributed by atoms with Gasteiger partial charge >= 0.3 is 5.97 Å². The van der Waals surface area contributed by atoms with Gasteiger partial charge in [0.05, 0.1) is 28.3 Å². The fourth-order valence-corrected chi connectivity index (χ4v) is 2.40. The van der Waals surface area contributed by atoms with Crippen molar-refractivity contribution in [3.63, 3.8) is 0 Å². The first-order chi connectivity index (χ1) is 9.51. The van der Waals surface area contributed by atoms with Crippen molar-refractivity contribution in [2.75, 3.05) is 12.4 Å². The van der Waals surface area contributed by atoms with Crippen molar-refractivity contribution >= 4 is 40.5 Å². The zero-order valence-corrected chi connectivity index (χ0v) is 11.9. The number of amides is 1. The Labute approximate surface area is 123 Å². The van der Waals surface area contributed by atoms with Crippen LogP contribution in [0.3, 0.4) is 0 Å². The highest BCUT2D eigenvalue weighted by Gasteiger charge is 2.13. The van der Waals surface area contributed by atoms with E-state index in [1.807, 2.05) is 0 Å². The lowest BCUT2D eigenvalue weighted by Gasteiger charge is -2.07. The van der Waals surface area contributed by atoms with Crippen molar-refractivity contribution in [3.8, 4) is 5.75 Å². The second-order valence-electron chi connectivity index (χ2n) is 3.80. The van der Waals surface area contributed by atoms with Crippen LogP contribution in [0.4, 0.5) is 5.69 Å². The Balaban J connectivity index is 2.22. The third kappa shape index (κ3) is 3.09. The number of hydrogen-bond donors (Lipinski definition) is 2. The highest BCUT2D eigenvalue weighted by molar-refractivity contribution is 7.12. The van der Waals surface area contributed by atoms with E-state index in [4.69, 9.17) is 21.4 Å². The first kappa shape index (κ1) is 14.4. The zero-order valence-electron chi connectivity index (χ0n) is 10.3. The van der Waals surface area contributed by atoms with Crippen LogP contribution in [0.1, 0.15) is 20.0 Å². The number of carbonyl (C=O) groups excluding carboxylic acids is 1. The van der Waals surface area contributed by atoms with Gasteiger partial charge in [0.1, 0.15) is 5.75 Å². The third-order valence-electron chi connectivity index (χ3n) is 2.50. The van der Waals surface area contributed by atoms with Crippen LogP contribution >= 0.6 is 22.9 Å². The Kier molecular flexibility index (Phi) is 4.26. The molecule has 20 heavy (non-hydrogen) atoms. The molecule has 1 heterocycles. The van der Waals surface area contributed by atoms with Crippen molar-refractivity contribution < 1.29 is 19.4 Å². The minimum absolute atomic E-state index is 0.0495. The van der Waals surface area contributed by atoms with Gasteiger partial charge in [0.15, 0.2) is 0 Å². The largest absolute Gasteiger partial charge is 0.496 e. The molecule has 0 saturated carbocycles. The summed E-state index contributed by atoms with van der Waals surface area (Å²) >= 11 is 7.16. The number of hydrogen-bond acceptors (Lipinski definition) is 4. The number of aromatic carboxylic acids is 1. The van der Waals surface area contributed by atoms with Gasteiger partial charge in [-0.15, -0.1) is 11.3 Å². The number of rotatable bonds is 4. The van der Waals surface area contributed by atoms with Gasteiger partial charge in [-0.2, -0.15) is 0 Å². The molecule has 1 amide bonds. The fraction of sp³-hybridized carbons (Fsp3) is 0.0769. The highest BCUT2D eigenvalue weighted by Crippen LogP contribution is 2.26. The molecule has 0 spiro atoms. The van der Waals surface area contributed by atoms with E-state index in [0.29, 0.717) is 10.6 Å². The molecule has 0 unspecified atom stereocenters. The van der Waals surface area contributed by atoms with E-state index in [0.717, 1.165) is 0 Å². The Morgan fingerprint density at radius 3 is 2.70 bits per heavy atom. The molecular formula is C13H10ClNO4S. The molecule has 0 bridgehead atoms. The fourth-order valence-electron chi connectivity index (χ4n) is 1.48. The number of carboxylic acids is 1. The summed E-state index contributed by atoms with van der Waals surface area (Å²) < 4.78 is 5.00. The van der Waals surface area contributed by atoms with Crippen molar-refractivity contribution in [1.29, 1.82) is 0 Å². The van der Waals surface area contributed by atoms with Gasteiger partial charge in [-0.25, -0.2) is 4.79 Å². The monoisotopic (exact) mass is 311 g/mol. The predicted octanol–water partition coefficient (Wildman–Crippen LogP) is 3.36. The van der Waals surface area contributed by atoms with Crippen molar-refractivity contribution in [2.24, 2.45) is 0 Å². The maximum Gasteiger partial charge on any atom is 0.335 e. The Morgan fingerprint density at radius 1 is 1.35 bits per heavy atom. The van der Waals surface area contributed by atoms with Crippen LogP contribution in [0, 0.1) is 0 Å². The van der Waals surface area contributed by atoms with E-state index in [2.05, 4.69) is 5.32 Å². The van der Waals surface area contributed by atoms with Crippen LogP contribution in [0.5, 0.6) is 5.75 Å². The van der Waals surface area contributed by atoms with Crippen LogP contribution in [0.2, 0.25) is 5.02 Å². The number of nitrogens with one attached hydrogen (secondary N) is 1. The molecule has 0 saturated heterocycles. The van der Waals surface area contributed by atoms with E-state index < -0.39 is 5.97 Å². The SMILES string of the molecule is COc1csc(C(=O)Nc2cc(C(=O)O)ccc2Cl)c1.